The molecular formula is C8H11BrCl2N2O. The molecule has 1 rings (SSSR count). The predicted molar refractivity (Wildman–Crippen MR) is 64.0 cm³/mol. The summed E-state index contributed by atoms with van der Waals surface area (Å²) < 4.78 is 0.454. The molecule has 3 nitrogen and oxygen atoms in total. The minimum Gasteiger partial charge on any atom is -0.506 e. The molecule has 1 aromatic carbocycles. The average Bonchev–Trinajstić information content (AvgIpc) is 2.13. The Balaban J connectivity index is 0.00000169. The maximum atomic E-state index is 9.61. The monoisotopic (exact) mass is 300 g/mol. The quantitative estimate of drug-likeness (QED) is 0.784. The molecule has 0 spiro atoms. The van der Waals surface area contributed by atoms with E-state index in [9.17, 15) is 5.11 Å². The molecule has 5 N–H and O–H groups in total. The Hall–Kier alpha value is -0.000000000000000111. The van der Waals surface area contributed by atoms with Crippen LogP contribution in [0.15, 0.2) is 16.6 Å². The van der Waals surface area contributed by atoms with E-state index < -0.39 is 0 Å². The Morgan fingerprint density at radius 3 is 2.57 bits per heavy atom. The van der Waals surface area contributed by atoms with Crippen LogP contribution in [-0.4, -0.2) is 11.7 Å². The first-order valence-electron chi connectivity index (χ1n) is 3.70. The van der Waals surface area contributed by atoms with Gasteiger partial charge in [-0.05, 0) is 22.0 Å². The maximum Gasteiger partial charge on any atom is 0.136 e. The third-order valence-corrected chi connectivity index (χ3v) is 3.10. The second-order valence-electron chi connectivity index (χ2n) is 2.64. The highest BCUT2D eigenvalue weighted by Crippen LogP contribution is 2.36. The van der Waals surface area contributed by atoms with Gasteiger partial charge in [-0.3, -0.25) is 0 Å². The number of rotatable bonds is 2. The third kappa shape index (κ3) is 2.74. The number of halogens is 3. The van der Waals surface area contributed by atoms with Crippen LogP contribution in [0.5, 0.6) is 5.75 Å². The van der Waals surface area contributed by atoms with Crippen molar-refractivity contribution in [2.75, 3.05) is 6.54 Å². The number of nitrogens with two attached hydrogens (primary N) is 2. The second-order valence-corrected chi connectivity index (χ2v) is 3.84. The third-order valence-electron chi connectivity index (χ3n) is 1.75. The number of hydrogen-bond donors (Lipinski definition) is 3. The van der Waals surface area contributed by atoms with Crippen LogP contribution in [0, 0.1) is 0 Å². The van der Waals surface area contributed by atoms with E-state index in [2.05, 4.69) is 15.9 Å². The summed E-state index contributed by atoms with van der Waals surface area (Å²) in [6.07, 6.45) is 0. The molecular weight excluding hydrogens is 291 g/mol. The van der Waals surface area contributed by atoms with E-state index in [1.165, 1.54) is 0 Å². The fourth-order valence-corrected chi connectivity index (χ4v) is 1.49. The molecule has 1 aromatic rings. The lowest BCUT2D eigenvalue weighted by Crippen LogP contribution is -2.20. The van der Waals surface area contributed by atoms with Gasteiger partial charge in [0.25, 0.3) is 0 Å². The molecule has 0 fully saturated rings. The lowest BCUT2D eigenvalue weighted by molar-refractivity contribution is 0.458. The van der Waals surface area contributed by atoms with Crippen molar-refractivity contribution < 1.29 is 5.11 Å². The van der Waals surface area contributed by atoms with Gasteiger partial charge in [-0.1, -0.05) is 17.7 Å². The van der Waals surface area contributed by atoms with Gasteiger partial charge in [0.15, 0.2) is 0 Å². The van der Waals surface area contributed by atoms with E-state index in [0.717, 1.165) is 0 Å². The largest absolute Gasteiger partial charge is 0.506 e. The van der Waals surface area contributed by atoms with Crippen LogP contribution in [0.4, 0.5) is 0 Å². The Bertz CT molecular complexity index is 322. The van der Waals surface area contributed by atoms with Gasteiger partial charge in [-0.25, -0.2) is 0 Å². The molecule has 0 aliphatic heterocycles. The zero-order valence-electron chi connectivity index (χ0n) is 7.21. The first-order valence-corrected chi connectivity index (χ1v) is 4.87. The van der Waals surface area contributed by atoms with Crippen molar-refractivity contribution in [3.05, 3.63) is 27.2 Å². The van der Waals surface area contributed by atoms with Crippen LogP contribution in [0.3, 0.4) is 0 Å². The molecule has 0 unspecified atom stereocenters. The summed E-state index contributed by atoms with van der Waals surface area (Å²) >= 11 is 8.90. The topological polar surface area (TPSA) is 72.3 Å². The molecule has 0 saturated carbocycles. The second kappa shape index (κ2) is 5.78. The number of aromatic hydroxyl groups is 1. The Kier molecular flexibility index (Phi) is 5.78. The number of benzene rings is 1. The van der Waals surface area contributed by atoms with Crippen molar-refractivity contribution in [2.24, 2.45) is 11.5 Å². The average molecular weight is 302 g/mol. The number of phenolic OH excluding ortho intramolecular Hbond substituents is 1. The molecule has 0 heterocycles. The number of hydrogen-bond acceptors (Lipinski definition) is 3. The molecule has 80 valence electrons. The lowest BCUT2D eigenvalue weighted by atomic mass is 10.1. The fraction of sp³-hybridized carbons (Fsp3) is 0.250. The minimum absolute atomic E-state index is 0. The van der Waals surface area contributed by atoms with Crippen molar-refractivity contribution in [1.82, 2.24) is 0 Å². The number of phenols is 1. The van der Waals surface area contributed by atoms with Crippen LogP contribution in [-0.2, 0) is 0 Å². The standard InChI is InChI=1S/C8H10BrClN2O.ClH/c9-7-5(10)2-1-4(8(7)13)6(12)3-11;/h1-2,6,13H,3,11-12H2;1H/t6-;/m0./s1. The van der Waals surface area contributed by atoms with Crippen molar-refractivity contribution in [2.45, 2.75) is 6.04 Å². The van der Waals surface area contributed by atoms with Crippen molar-refractivity contribution in [3.63, 3.8) is 0 Å². The van der Waals surface area contributed by atoms with Gasteiger partial charge in [-0.15, -0.1) is 12.4 Å². The highest BCUT2D eigenvalue weighted by Gasteiger charge is 2.13. The highest BCUT2D eigenvalue weighted by molar-refractivity contribution is 9.10. The van der Waals surface area contributed by atoms with Crippen molar-refractivity contribution in [3.8, 4) is 5.75 Å². The smallest absolute Gasteiger partial charge is 0.136 e. The molecule has 6 heteroatoms. The van der Waals surface area contributed by atoms with Gasteiger partial charge in [0.2, 0.25) is 0 Å². The molecule has 14 heavy (non-hydrogen) atoms. The lowest BCUT2D eigenvalue weighted by Gasteiger charge is -2.12. The van der Waals surface area contributed by atoms with E-state index in [-0.39, 0.29) is 30.7 Å². The van der Waals surface area contributed by atoms with Crippen LogP contribution in [0.25, 0.3) is 0 Å². The van der Waals surface area contributed by atoms with Crippen molar-refractivity contribution in [1.29, 1.82) is 0 Å². The normalized spacial score (nSPS) is 12.0. The summed E-state index contributed by atoms with van der Waals surface area (Å²) in [6.45, 7) is 0.279. The predicted octanol–water partition coefficient (Wildman–Crippen LogP) is 2.19. The molecule has 0 bridgehead atoms. The molecule has 1 atom stereocenters. The molecule has 0 aliphatic carbocycles. The maximum absolute atomic E-state index is 9.61. The summed E-state index contributed by atoms with van der Waals surface area (Å²) in [7, 11) is 0. The fourth-order valence-electron chi connectivity index (χ4n) is 0.981. The van der Waals surface area contributed by atoms with Crippen LogP contribution >= 0.6 is 39.9 Å². The molecule has 0 aromatic heterocycles. The van der Waals surface area contributed by atoms with Gasteiger partial charge in [-0.2, -0.15) is 0 Å². The molecule has 0 radical (unpaired) electrons. The minimum atomic E-state index is -0.367. The van der Waals surface area contributed by atoms with Crippen molar-refractivity contribution >= 4 is 39.9 Å². The first-order chi connectivity index (χ1) is 6.07. The summed E-state index contributed by atoms with van der Waals surface area (Å²) in [5.74, 6) is 0.0606. The van der Waals surface area contributed by atoms with Gasteiger partial charge in [0.05, 0.1) is 9.50 Å². The molecule has 0 amide bonds. The Morgan fingerprint density at radius 2 is 2.07 bits per heavy atom. The Morgan fingerprint density at radius 1 is 1.50 bits per heavy atom. The van der Waals surface area contributed by atoms with E-state index in [0.29, 0.717) is 15.1 Å². The molecule has 0 saturated heterocycles. The summed E-state index contributed by atoms with van der Waals surface area (Å²) in [5, 5.41) is 10.1. The van der Waals surface area contributed by atoms with E-state index >= 15 is 0 Å². The van der Waals surface area contributed by atoms with Crippen LogP contribution in [0.1, 0.15) is 11.6 Å². The van der Waals surface area contributed by atoms with E-state index in [1.54, 1.807) is 12.1 Å². The van der Waals surface area contributed by atoms with Gasteiger partial charge < -0.3 is 16.6 Å². The molecule has 0 aliphatic rings. The van der Waals surface area contributed by atoms with E-state index in [4.69, 9.17) is 23.1 Å². The van der Waals surface area contributed by atoms with Crippen LogP contribution < -0.4 is 11.5 Å². The first kappa shape index (κ1) is 14.0. The SMILES string of the molecule is Cl.NC[C@H](N)c1ccc(Cl)c(Br)c1O. The van der Waals surface area contributed by atoms with Gasteiger partial charge in [0.1, 0.15) is 5.75 Å². The van der Waals surface area contributed by atoms with Gasteiger partial charge >= 0.3 is 0 Å². The summed E-state index contributed by atoms with van der Waals surface area (Å²) in [6, 6.07) is 2.96. The Labute approximate surface area is 102 Å². The van der Waals surface area contributed by atoms with Gasteiger partial charge in [0, 0.05) is 18.2 Å². The summed E-state index contributed by atoms with van der Waals surface area (Å²) in [5.41, 5.74) is 11.6. The van der Waals surface area contributed by atoms with E-state index in [1.807, 2.05) is 0 Å². The highest BCUT2D eigenvalue weighted by atomic mass is 79.9. The van der Waals surface area contributed by atoms with Crippen LogP contribution in [0.2, 0.25) is 5.02 Å². The summed E-state index contributed by atoms with van der Waals surface area (Å²) in [4.78, 5) is 0. The zero-order chi connectivity index (χ0) is 10.0. The zero-order valence-corrected chi connectivity index (χ0v) is 10.4.